The van der Waals surface area contributed by atoms with Crippen LogP contribution in [0.5, 0.6) is 0 Å². The second-order valence-electron chi connectivity index (χ2n) is 5.51. The molecule has 114 valence electrons. The van der Waals surface area contributed by atoms with Gasteiger partial charge >= 0.3 is 0 Å². The molecular weight excluding hydrogens is 268 g/mol. The third-order valence-corrected chi connectivity index (χ3v) is 3.61. The van der Waals surface area contributed by atoms with E-state index in [1.54, 1.807) is 19.1 Å². The Morgan fingerprint density at radius 2 is 2.10 bits per heavy atom. The van der Waals surface area contributed by atoms with E-state index < -0.39 is 6.10 Å². The van der Waals surface area contributed by atoms with Gasteiger partial charge in [0.15, 0.2) is 0 Å². The molecule has 1 fully saturated rings. The number of aliphatic hydroxyl groups excluding tert-OH is 1. The number of hydrogen-bond donors (Lipinski definition) is 2. The number of amides is 2. The highest BCUT2D eigenvalue weighted by Gasteiger charge is 2.19. The summed E-state index contributed by atoms with van der Waals surface area (Å²) in [4.78, 5) is 25.3. The summed E-state index contributed by atoms with van der Waals surface area (Å²) in [7, 11) is 0. The number of hydrogen-bond acceptors (Lipinski definition) is 3. The summed E-state index contributed by atoms with van der Waals surface area (Å²) in [5.41, 5.74) is 1.63. The van der Waals surface area contributed by atoms with Crippen molar-refractivity contribution >= 4 is 11.8 Å². The Morgan fingerprint density at radius 1 is 1.38 bits per heavy atom. The Labute approximate surface area is 125 Å². The largest absolute Gasteiger partial charge is 0.393 e. The van der Waals surface area contributed by atoms with Gasteiger partial charge < -0.3 is 15.3 Å². The molecule has 5 heteroatoms. The fourth-order valence-corrected chi connectivity index (χ4v) is 2.35. The molecule has 0 aliphatic carbocycles. The van der Waals surface area contributed by atoms with Crippen LogP contribution in [0.25, 0.3) is 0 Å². The molecule has 1 aromatic carbocycles. The first-order chi connectivity index (χ1) is 10.1. The maximum absolute atomic E-state index is 11.9. The number of nitrogens with zero attached hydrogens (tertiary/aromatic N) is 1. The predicted octanol–water partition coefficient (Wildman–Crippen LogP) is 1.31. The minimum absolute atomic E-state index is 0.139. The van der Waals surface area contributed by atoms with Crippen LogP contribution in [0, 0.1) is 0 Å². The van der Waals surface area contributed by atoms with E-state index in [1.165, 1.54) is 0 Å². The van der Waals surface area contributed by atoms with Crippen LogP contribution < -0.4 is 5.32 Å². The molecule has 21 heavy (non-hydrogen) atoms. The van der Waals surface area contributed by atoms with E-state index >= 15 is 0 Å². The Balaban J connectivity index is 1.86. The highest BCUT2D eigenvalue weighted by molar-refractivity contribution is 5.94. The fraction of sp³-hybridized carbons (Fsp3) is 0.500. The monoisotopic (exact) mass is 290 g/mol. The van der Waals surface area contributed by atoms with Crippen LogP contribution >= 0.6 is 0 Å². The first-order valence-corrected chi connectivity index (χ1v) is 7.39. The van der Waals surface area contributed by atoms with Gasteiger partial charge in [0, 0.05) is 31.6 Å². The average Bonchev–Trinajstić information content (AvgIpc) is 2.84. The van der Waals surface area contributed by atoms with E-state index in [4.69, 9.17) is 5.11 Å². The third-order valence-electron chi connectivity index (χ3n) is 3.61. The Morgan fingerprint density at radius 3 is 2.67 bits per heavy atom. The molecule has 1 aliphatic heterocycles. The molecular formula is C16H22N2O3. The first kappa shape index (κ1) is 15.5. The van der Waals surface area contributed by atoms with Crippen molar-refractivity contribution in [3.8, 4) is 0 Å². The second kappa shape index (κ2) is 7.22. The number of carbonyl (C=O) groups excluding carboxylic acids is 2. The lowest BCUT2D eigenvalue weighted by Gasteiger charge is -2.15. The number of carbonyl (C=O) groups is 2. The molecule has 1 heterocycles. The van der Waals surface area contributed by atoms with Crippen molar-refractivity contribution in [2.75, 3.05) is 13.1 Å². The summed E-state index contributed by atoms with van der Waals surface area (Å²) >= 11 is 0. The molecule has 1 atom stereocenters. The summed E-state index contributed by atoms with van der Waals surface area (Å²) in [6.45, 7) is 3.59. The lowest BCUT2D eigenvalue weighted by atomic mass is 10.1. The zero-order valence-electron chi connectivity index (χ0n) is 12.3. The SMILES string of the molecule is CC(O)CCNC(=O)c1ccc(CN2CCCC2=O)cc1. The smallest absolute Gasteiger partial charge is 0.251 e. The van der Waals surface area contributed by atoms with Gasteiger partial charge in [-0.3, -0.25) is 9.59 Å². The standard InChI is InChI=1S/C16H22N2O3/c1-12(19)8-9-17-16(21)14-6-4-13(5-7-14)11-18-10-2-3-15(18)20/h4-7,12,19H,2-3,8-11H2,1H3,(H,17,21). The molecule has 1 aliphatic rings. The number of benzene rings is 1. The van der Waals surface area contributed by atoms with Gasteiger partial charge in [-0.1, -0.05) is 12.1 Å². The molecule has 0 spiro atoms. The van der Waals surface area contributed by atoms with Crippen LogP contribution in [0.2, 0.25) is 0 Å². The Kier molecular flexibility index (Phi) is 5.33. The minimum atomic E-state index is -0.411. The van der Waals surface area contributed by atoms with E-state index in [0.717, 1.165) is 18.5 Å². The molecule has 2 N–H and O–H groups in total. The average molecular weight is 290 g/mol. The van der Waals surface area contributed by atoms with Gasteiger partial charge in [0.05, 0.1) is 6.10 Å². The van der Waals surface area contributed by atoms with Crippen molar-refractivity contribution in [2.45, 2.75) is 38.8 Å². The van der Waals surface area contributed by atoms with Crippen molar-refractivity contribution < 1.29 is 14.7 Å². The molecule has 1 saturated heterocycles. The van der Waals surface area contributed by atoms with Crippen LogP contribution in [0.1, 0.15) is 42.1 Å². The number of rotatable bonds is 6. The van der Waals surface area contributed by atoms with Gasteiger partial charge in [-0.25, -0.2) is 0 Å². The molecule has 1 aromatic rings. The third kappa shape index (κ3) is 4.56. The van der Waals surface area contributed by atoms with Gasteiger partial charge in [0.1, 0.15) is 0 Å². The van der Waals surface area contributed by atoms with Gasteiger partial charge in [-0.05, 0) is 37.5 Å². The van der Waals surface area contributed by atoms with Crippen molar-refractivity contribution in [3.63, 3.8) is 0 Å². The predicted molar refractivity (Wildman–Crippen MR) is 79.7 cm³/mol. The van der Waals surface area contributed by atoms with Crippen LogP contribution in [-0.4, -0.2) is 41.0 Å². The molecule has 2 rings (SSSR count). The summed E-state index contributed by atoms with van der Waals surface area (Å²) in [5.74, 6) is 0.0643. The van der Waals surface area contributed by atoms with Crippen LogP contribution in [0.4, 0.5) is 0 Å². The quantitative estimate of drug-likeness (QED) is 0.830. The highest BCUT2D eigenvalue weighted by atomic mass is 16.3. The number of aliphatic hydroxyl groups is 1. The van der Waals surface area contributed by atoms with Crippen molar-refractivity contribution in [1.29, 1.82) is 0 Å². The second-order valence-corrected chi connectivity index (χ2v) is 5.51. The van der Waals surface area contributed by atoms with Crippen molar-refractivity contribution in [3.05, 3.63) is 35.4 Å². The zero-order chi connectivity index (χ0) is 15.2. The molecule has 0 bridgehead atoms. The first-order valence-electron chi connectivity index (χ1n) is 7.39. The normalized spacial score (nSPS) is 16.1. The maximum Gasteiger partial charge on any atom is 0.251 e. The van der Waals surface area contributed by atoms with Gasteiger partial charge in [-0.2, -0.15) is 0 Å². The van der Waals surface area contributed by atoms with E-state index in [2.05, 4.69) is 5.32 Å². The maximum atomic E-state index is 11.9. The van der Waals surface area contributed by atoms with Crippen LogP contribution in [0.3, 0.4) is 0 Å². The van der Waals surface area contributed by atoms with Gasteiger partial charge in [0.2, 0.25) is 5.91 Å². The molecule has 0 radical (unpaired) electrons. The van der Waals surface area contributed by atoms with Crippen molar-refractivity contribution in [1.82, 2.24) is 10.2 Å². The number of likely N-dealkylation sites (tertiary alicyclic amines) is 1. The summed E-state index contributed by atoms with van der Waals surface area (Å²) in [6.07, 6.45) is 1.71. The number of nitrogens with one attached hydrogen (secondary N) is 1. The van der Waals surface area contributed by atoms with Crippen LogP contribution in [0.15, 0.2) is 24.3 Å². The van der Waals surface area contributed by atoms with E-state index in [1.807, 2.05) is 17.0 Å². The van der Waals surface area contributed by atoms with Crippen LogP contribution in [-0.2, 0) is 11.3 Å². The van der Waals surface area contributed by atoms with Crippen molar-refractivity contribution in [2.24, 2.45) is 0 Å². The molecule has 0 aromatic heterocycles. The Bertz CT molecular complexity index is 497. The zero-order valence-corrected chi connectivity index (χ0v) is 12.3. The van der Waals surface area contributed by atoms with E-state index in [9.17, 15) is 9.59 Å². The summed E-state index contributed by atoms with van der Waals surface area (Å²) < 4.78 is 0. The summed E-state index contributed by atoms with van der Waals surface area (Å²) in [5, 5.41) is 11.9. The molecule has 1 unspecified atom stereocenters. The van der Waals surface area contributed by atoms with E-state index in [0.29, 0.717) is 31.5 Å². The van der Waals surface area contributed by atoms with Gasteiger partial charge in [0.25, 0.3) is 5.91 Å². The Hall–Kier alpha value is -1.88. The summed E-state index contributed by atoms with van der Waals surface area (Å²) in [6, 6.07) is 7.31. The van der Waals surface area contributed by atoms with E-state index in [-0.39, 0.29) is 11.8 Å². The molecule has 0 saturated carbocycles. The topological polar surface area (TPSA) is 69.6 Å². The highest BCUT2D eigenvalue weighted by Crippen LogP contribution is 2.14. The lowest BCUT2D eigenvalue weighted by molar-refractivity contribution is -0.128. The minimum Gasteiger partial charge on any atom is -0.393 e. The lowest BCUT2D eigenvalue weighted by Crippen LogP contribution is -2.26. The molecule has 5 nitrogen and oxygen atoms in total. The fourth-order valence-electron chi connectivity index (χ4n) is 2.35. The van der Waals surface area contributed by atoms with Gasteiger partial charge in [-0.15, -0.1) is 0 Å². The molecule has 2 amide bonds.